The van der Waals surface area contributed by atoms with Crippen molar-refractivity contribution in [2.24, 2.45) is 0 Å². The number of benzene rings is 1. The molecule has 5 heteroatoms. The molecule has 1 saturated heterocycles. The van der Waals surface area contributed by atoms with Gasteiger partial charge in [0.2, 0.25) is 0 Å². The molecule has 0 saturated carbocycles. The van der Waals surface area contributed by atoms with E-state index in [2.05, 4.69) is 16.7 Å². The highest BCUT2D eigenvalue weighted by Crippen LogP contribution is 2.37. The van der Waals surface area contributed by atoms with Gasteiger partial charge in [0.15, 0.2) is 0 Å². The first-order chi connectivity index (χ1) is 9.74. The number of para-hydroxylation sites is 1. The third-order valence-electron chi connectivity index (χ3n) is 3.94. The summed E-state index contributed by atoms with van der Waals surface area (Å²) < 4.78 is 11.3. The van der Waals surface area contributed by atoms with E-state index < -0.39 is 0 Å². The molecule has 0 aliphatic carbocycles. The van der Waals surface area contributed by atoms with Gasteiger partial charge in [0.1, 0.15) is 17.5 Å². The first-order valence-corrected chi connectivity index (χ1v) is 7.34. The van der Waals surface area contributed by atoms with Crippen molar-refractivity contribution in [2.45, 2.75) is 13.0 Å². The van der Waals surface area contributed by atoms with Gasteiger partial charge >= 0.3 is 0 Å². The van der Waals surface area contributed by atoms with Crippen molar-refractivity contribution in [3.63, 3.8) is 0 Å². The highest BCUT2D eigenvalue weighted by atomic mass is 16.5. The Morgan fingerprint density at radius 3 is 2.85 bits per heavy atom. The number of nitrogen functional groups attached to an aromatic ring is 1. The minimum atomic E-state index is 0.203. The molecule has 1 unspecified atom stereocenters. The summed E-state index contributed by atoms with van der Waals surface area (Å²) in [7, 11) is 0. The van der Waals surface area contributed by atoms with Gasteiger partial charge in [-0.1, -0.05) is 6.07 Å². The van der Waals surface area contributed by atoms with E-state index in [-0.39, 0.29) is 6.10 Å². The van der Waals surface area contributed by atoms with Crippen molar-refractivity contribution in [1.29, 1.82) is 0 Å². The zero-order valence-corrected chi connectivity index (χ0v) is 12.0. The fraction of sp³-hybridized carbons (Fsp3) is 0.600. The molecule has 20 heavy (non-hydrogen) atoms. The lowest BCUT2D eigenvalue weighted by Gasteiger charge is -2.37. The number of hydrogen-bond donors (Lipinski definition) is 1. The average Bonchev–Trinajstić information content (AvgIpc) is 2.45. The summed E-state index contributed by atoms with van der Waals surface area (Å²) in [5.74, 6) is 0.908. The monoisotopic (exact) mass is 277 g/mol. The van der Waals surface area contributed by atoms with Gasteiger partial charge in [0, 0.05) is 26.2 Å². The van der Waals surface area contributed by atoms with E-state index in [0.29, 0.717) is 0 Å². The predicted octanol–water partition coefficient (Wildman–Crippen LogP) is 1.19. The molecule has 0 bridgehead atoms. The summed E-state index contributed by atoms with van der Waals surface area (Å²) in [5.41, 5.74) is 7.99. The molecule has 0 aromatic heterocycles. The SMILES string of the molecule is CC1CN(CCN2CCOCC2)c2c(N)cccc2O1. The number of hydrogen-bond acceptors (Lipinski definition) is 5. The average molecular weight is 277 g/mol. The minimum Gasteiger partial charge on any atom is -0.487 e. The highest BCUT2D eigenvalue weighted by Gasteiger charge is 2.25. The zero-order valence-electron chi connectivity index (χ0n) is 12.0. The lowest BCUT2D eigenvalue weighted by molar-refractivity contribution is 0.0388. The summed E-state index contributed by atoms with van der Waals surface area (Å²) in [6.45, 7) is 8.77. The quantitative estimate of drug-likeness (QED) is 0.841. The number of nitrogens with two attached hydrogens (primary N) is 1. The van der Waals surface area contributed by atoms with Gasteiger partial charge in [0.05, 0.1) is 25.4 Å². The van der Waals surface area contributed by atoms with E-state index in [1.165, 1.54) is 0 Å². The van der Waals surface area contributed by atoms with Crippen molar-refractivity contribution < 1.29 is 9.47 Å². The van der Waals surface area contributed by atoms with E-state index in [4.69, 9.17) is 15.2 Å². The second kappa shape index (κ2) is 5.89. The van der Waals surface area contributed by atoms with E-state index >= 15 is 0 Å². The third-order valence-corrected chi connectivity index (χ3v) is 3.94. The number of fused-ring (bicyclic) bond motifs is 1. The molecule has 0 spiro atoms. The fourth-order valence-electron chi connectivity index (χ4n) is 2.92. The maximum Gasteiger partial charge on any atom is 0.145 e. The van der Waals surface area contributed by atoms with Crippen LogP contribution >= 0.6 is 0 Å². The number of morpholine rings is 1. The van der Waals surface area contributed by atoms with Crippen LogP contribution in [0.25, 0.3) is 0 Å². The Morgan fingerprint density at radius 1 is 1.25 bits per heavy atom. The number of anilines is 2. The lowest BCUT2D eigenvalue weighted by Crippen LogP contribution is -2.45. The molecule has 1 fully saturated rings. The first kappa shape index (κ1) is 13.5. The molecule has 0 amide bonds. The Kier molecular flexibility index (Phi) is 3.98. The summed E-state index contributed by atoms with van der Waals surface area (Å²) in [4.78, 5) is 4.80. The second-order valence-corrected chi connectivity index (χ2v) is 5.52. The molecular formula is C15H23N3O2. The Labute approximate surface area is 120 Å². The van der Waals surface area contributed by atoms with Crippen LogP contribution < -0.4 is 15.4 Å². The third kappa shape index (κ3) is 2.83. The minimum absolute atomic E-state index is 0.203. The van der Waals surface area contributed by atoms with Crippen LogP contribution in [0, 0.1) is 0 Å². The molecule has 1 atom stereocenters. The number of rotatable bonds is 3. The molecule has 2 aliphatic rings. The molecular weight excluding hydrogens is 254 g/mol. The van der Waals surface area contributed by atoms with Gasteiger partial charge in [0.25, 0.3) is 0 Å². The van der Waals surface area contributed by atoms with E-state index in [0.717, 1.165) is 63.1 Å². The van der Waals surface area contributed by atoms with Gasteiger partial charge in [-0.05, 0) is 19.1 Å². The predicted molar refractivity (Wildman–Crippen MR) is 80.4 cm³/mol. The Bertz CT molecular complexity index is 460. The highest BCUT2D eigenvalue weighted by molar-refractivity contribution is 5.75. The summed E-state index contributed by atoms with van der Waals surface area (Å²) in [6.07, 6.45) is 0.203. The maximum absolute atomic E-state index is 6.13. The maximum atomic E-state index is 6.13. The van der Waals surface area contributed by atoms with Crippen LogP contribution in [0.2, 0.25) is 0 Å². The molecule has 5 nitrogen and oxygen atoms in total. The van der Waals surface area contributed by atoms with Crippen LogP contribution in [-0.4, -0.2) is 56.9 Å². The topological polar surface area (TPSA) is 51.0 Å². The Morgan fingerprint density at radius 2 is 2.05 bits per heavy atom. The van der Waals surface area contributed by atoms with Crippen molar-refractivity contribution in [1.82, 2.24) is 4.90 Å². The summed E-state index contributed by atoms with van der Waals surface area (Å²) in [5, 5.41) is 0. The van der Waals surface area contributed by atoms with Crippen LogP contribution in [0.5, 0.6) is 5.75 Å². The van der Waals surface area contributed by atoms with E-state index in [1.54, 1.807) is 0 Å². The van der Waals surface area contributed by atoms with Gasteiger partial charge < -0.3 is 20.1 Å². The van der Waals surface area contributed by atoms with E-state index in [9.17, 15) is 0 Å². The van der Waals surface area contributed by atoms with Crippen molar-refractivity contribution in [2.75, 3.05) is 56.6 Å². The van der Waals surface area contributed by atoms with E-state index in [1.807, 2.05) is 18.2 Å². The zero-order chi connectivity index (χ0) is 13.9. The van der Waals surface area contributed by atoms with Crippen LogP contribution in [0.1, 0.15) is 6.92 Å². The smallest absolute Gasteiger partial charge is 0.145 e. The van der Waals surface area contributed by atoms with Gasteiger partial charge in [-0.3, -0.25) is 4.90 Å². The summed E-state index contributed by atoms with van der Waals surface area (Å²) in [6, 6.07) is 5.90. The Hall–Kier alpha value is -1.46. The summed E-state index contributed by atoms with van der Waals surface area (Å²) >= 11 is 0. The van der Waals surface area contributed by atoms with Crippen LogP contribution in [0.4, 0.5) is 11.4 Å². The lowest BCUT2D eigenvalue weighted by atomic mass is 10.1. The molecule has 2 N–H and O–H groups in total. The normalized spacial score (nSPS) is 23.2. The first-order valence-electron chi connectivity index (χ1n) is 7.34. The molecule has 110 valence electrons. The van der Waals surface area contributed by atoms with Crippen LogP contribution in [0.15, 0.2) is 18.2 Å². The standard InChI is InChI=1S/C15H23N3O2/c1-12-11-18(6-5-17-7-9-19-10-8-17)15-13(16)3-2-4-14(15)20-12/h2-4,12H,5-11,16H2,1H3. The van der Waals surface area contributed by atoms with Gasteiger partial charge in [-0.15, -0.1) is 0 Å². The van der Waals surface area contributed by atoms with Crippen molar-refractivity contribution >= 4 is 11.4 Å². The second-order valence-electron chi connectivity index (χ2n) is 5.52. The van der Waals surface area contributed by atoms with Gasteiger partial charge in [-0.2, -0.15) is 0 Å². The number of nitrogens with zero attached hydrogens (tertiary/aromatic N) is 2. The molecule has 1 aromatic rings. The molecule has 2 aliphatic heterocycles. The van der Waals surface area contributed by atoms with Crippen molar-refractivity contribution in [3.05, 3.63) is 18.2 Å². The van der Waals surface area contributed by atoms with Crippen LogP contribution in [0.3, 0.4) is 0 Å². The fourth-order valence-corrected chi connectivity index (χ4v) is 2.92. The Balaban J connectivity index is 1.70. The largest absolute Gasteiger partial charge is 0.487 e. The van der Waals surface area contributed by atoms with Crippen molar-refractivity contribution in [3.8, 4) is 5.75 Å². The molecule has 3 rings (SSSR count). The van der Waals surface area contributed by atoms with Crippen LogP contribution in [-0.2, 0) is 4.74 Å². The van der Waals surface area contributed by atoms with Gasteiger partial charge in [-0.25, -0.2) is 0 Å². The molecule has 1 aromatic carbocycles. The molecule has 2 heterocycles. The number of ether oxygens (including phenoxy) is 2. The molecule has 0 radical (unpaired) electrons.